The normalized spacial score (nSPS) is 16.1. The molecule has 120 valence electrons. The molecule has 6 nitrogen and oxygen atoms in total. The number of rotatable bonds is 1. The molecule has 0 atom stereocenters. The predicted octanol–water partition coefficient (Wildman–Crippen LogP) is 2.16. The predicted molar refractivity (Wildman–Crippen MR) is 82.6 cm³/mol. The Morgan fingerprint density at radius 1 is 1.05 bits per heavy atom. The van der Waals surface area contributed by atoms with E-state index >= 15 is 0 Å². The first-order chi connectivity index (χ1) is 10.4. The van der Waals surface area contributed by atoms with Gasteiger partial charge in [0.05, 0.1) is 0 Å². The molecule has 1 saturated heterocycles. The van der Waals surface area contributed by atoms with Crippen LogP contribution in [0.5, 0.6) is 0 Å². The maximum atomic E-state index is 12.4. The minimum absolute atomic E-state index is 0.0200. The van der Waals surface area contributed by atoms with Gasteiger partial charge in [0.25, 0.3) is 5.91 Å². The van der Waals surface area contributed by atoms with Gasteiger partial charge in [0.1, 0.15) is 5.60 Å². The molecule has 0 aliphatic carbocycles. The van der Waals surface area contributed by atoms with Crippen LogP contribution in [0.4, 0.5) is 4.79 Å². The Hall–Kier alpha value is -2.11. The van der Waals surface area contributed by atoms with Gasteiger partial charge in [0.15, 0.2) is 0 Å². The summed E-state index contributed by atoms with van der Waals surface area (Å²) in [6, 6.07) is 3.41. The standard InChI is InChI=1S/C16H23N3O3/c1-16(2,3)22-15(21)19-10-4-9-18(11-12-19)14(20)13-5-7-17-8-6-13/h5-8H,4,9-12H2,1-3H3. The van der Waals surface area contributed by atoms with Crippen LogP contribution in [0.25, 0.3) is 0 Å². The number of pyridine rings is 1. The summed E-state index contributed by atoms with van der Waals surface area (Å²) in [5.74, 6) is -0.0200. The number of nitrogens with zero attached hydrogens (tertiary/aromatic N) is 3. The van der Waals surface area contributed by atoms with Crippen LogP contribution in [0.2, 0.25) is 0 Å². The van der Waals surface area contributed by atoms with Crippen LogP contribution in [-0.2, 0) is 4.74 Å². The molecular weight excluding hydrogens is 282 g/mol. The molecule has 1 aliphatic rings. The van der Waals surface area contributed by atoms with Crippen LogP contribution in [0, 0.1) is 0 Å². The number of hydrogen-bond acceptors (Lipinski definition) is 4. The minimum Gasteiger partial charge on any atom is -0.444 e. The van der Waals surface area contributed by atoms with E-state index in [0.717, 1.165) is 6.42 Å². The van der Waals surface area contributed by atoms with Crippen molar-refractivity contribution in [1.29, 1.82) is 0 Å². The van der Waals surface area contributed by atoms with Crippen LogP contribution in [-0.4, -0.2) is 58.6 Å². The fourth-order valence-electron chi connectivity index (χ4n) is 2.31. The molecule has 22 heavy (non-hydrogen) atoms. The third-order valence-electron chi connectivity index (χ3n) is 3.36. The molecule has 1 aliphatic heterocycles. The van der Waals surface area contributed by atoms with Crippen molar-refractivity contribution in [2.75, 3.05) is 26.2 Å². The Kier molecular flexibility index (Phi) is 5.00. The van der Waals surface area contributed by atoms with Crippen LogP contribution in [0.15, 0.2) is 24.5 Å². The highest BCUT2D eigenvalue weighted by Crippen LogP contribution is 2.13. The van der Waals surface area contributed by atoms with E-state index in [4.69, 9.17) is 4.74 Å². The molecule has 0 radical (unpaired) electrons. The van der Waals surface area contributed by atoms with E-state index in [2.05, 4.69) is 4.98 Å². The first-order valence-corrected chi connectivity index (χ1v) is 7.54. The molecule has 0 N–H and O–H groups in total. The first-order valence-electron chi connectivity index (χ1n) is 7.54. The molecule has 1 aromatic rings. The quantitative estimate of drug-likeness (QED) is 0.797. The summed E-state index contributed by atoms with van der Waals surface area (Å²) >= 11 is 0. The molecule has 0 aromatic carbocycles. The van der Waals surface area contributed by atoms with E-state index in [-0.39, 0.29) is 12.0 Å². The molecule has 0 unspecified atom stereocenters. The average Bonchev–Trinajstić information content (AvgIpc) is 2.71. The summed E-state index contributed by atoms with van der Waals surface area (Å²) in [4.78, 5) is 31.9. The van der Waals surface area contributed by atoms with Gasteiger partial charge in [-0.3, -0.25) is 9.78 Å². The second-order valence-electron chi connectivity index (χ2n) is 6.35. The zero-order valence-corrected chi connectivity index (χ0v) is 13.4. The van der Waals surface area contributed by atoms with Gasteiger partial charge in [-0.2, -0.15) is 0 Å². The molecule has 6 heteroatoms. The first kappa shape index (κ1) is 16.3. The molecule has 2 heterocycles. The minimum atomic E-state index is -0.504. The lowest BCUT2D eigenvalue weighted by Gasteiger charge is -2.26. The number of hydrogen-bond donors (Lipinski definition) is 0. The van der Waals surface area contributed by atoms with Crippen LogP contribution in [0.1, 0.15) is 37.6 Å². The zero-order chi connectivity index (χ0) is 16.2. The molecule has 1 aromatic heterocycles. The fourth-order valence-corrected chi connectivity index (χ4v) is 2.31. The summed E-state index contributed by atoms with van der Waals surface area (Å²) in [7, 11) is 0. The van der Waals surface area contributed by atoms with Gasteiger partial charge in [-0.15, -0.1) is 0 Å². The smallest absolute Gasteiger partial charge is 0.410 e. The Bertz CT molecular complexity index is 525. The monoisotopic (exact) mass is 305 g/mol. The molecule has 2 amide bonds. The van der Waals surface area contributed by atoms with E-state index in [0.29, 0.717) is 31.7 Å². The van der Waals surface area contributed by atoms with Crippen molar-refractivity contribution in [3.05, 3.63) is 30.1 Å². The maximum Gasteiger partial charge on any atom is 0.410 e. The largest absolute Gasteiger partial charge is 0.444 e. The second-order valence-corrected chi connectivity index (χ2v) is 6.35. The lowest BCUT2D eigenvalue weighted by molar-refractivity contribution is 0.0255. The topological polar surface area (TPSA) is 62.7 Å². The average molecular weight is 305 g/mol. The van der Waals surface area contributed by atoms with Crippen LogP contribution < -0.4 is 0 Å². The highest BCUT2D eigenvalue weighted by Gasteiger charge is 2.26. The van der Waals surface area contributed by atoms with Gasteiger partial charge in [-0.05, 0) is 39.3 Å². The number of ether oxygens (including phenoxy) is 1. The Balaban J connectivity index is 1.95. The lowest BCUT2D eigenvalue weighted by Crippen LogP contribution is -2.40. The molecular formula is C16H23N3O3. The van der Waals surface area contributed by atoms with Crippen LogP contribution >= 0.6 is 0 Å². The number of amides is 2. The Morgan fingerprint density at radius 3 is 2.27 bits per heavy atom. The third kappa shape index (κ3) is 4.44. The van der Waals surface area contributed by atoms with Gasteiger partial charge in [-0.1, -0.05) is 0 Å². The van der Waals surface area contributed by atoms with Gasteiger partial charge in [0.2, 0.25) is 0 Å². The highest BCUT2D eigenvalue weighted by atomic mass is 16.6. The summed E-state index contributed by atoms with van der Waals surface area (Å²) in [6.45, 7) is 7.80. The maximum absolute atomic E-state index is 12.4. The van der Waals surface area contributed by atoms with Crippen molar-refractivity contribution in [2.45, 2.75) is 32.8 Å². The van der Waals surface area contributed by atoms with Crippen molar-refractivity contribution in [3.63, 3.8) is 0 Å². The van der Waals surface area contributed by atoms with E-state index in [1.807, 2.05) is 20.8 Å². The van der Waals surface area contributed by atoms with Gasteiger partial charge in [0, 0.05) is 44.1 Å². The number of carbonyl (C=O) groups is 2. The summed E-state index contributed by atoms with van der Waals surface area (Å²) in [6.07, 6.45) is 3.65. The highest BCUT2D eigenvalue weighted by molar-refractivity contribution is 5.94. The van der Waals surface area contributed by atoms with Crippen molar-refractivity contribution in [3.8, 4) is 0 Å². The van der Waals surface area contributed by atoms with E-state index in [1.54, 1.807) is 34.3 Å². The molecule has 2 rings (SSSR count). The zero-order valence-electron chi connectivity index (χ0n) is 13.4. The number of aromatic nitrogens is 1. The molecule has 0 bridgehead atoms. The molecule has 0 spiro atoms. The van der Waals surface area contributed by atoms with Crippen molar-refractivity contribution >= 4 is 12.0 Å². The van der Waals surface area contributed by atoms with Crippen molar-refractivity contribution in [2.24, 2.45) is 0 Å². The van der Waals surface area contributed by atoms with Gasteiger partial charge >= 0.3 is 6.09 Å². The number of carbonyl (C=O) groups excluding carboxylic acids is 2. The van der Waals surface area contributed by atoms with E-state index < -0.39 is 5.60 Å². The summed E-state index contributed by atoms with van der Waals surface area (Å²) in [5.41, 5.74) is 0.122. The van der Waals surface area contributed by atoms with Crippen LogP contribution in [0.3, 0.4) is 0 Å². The molecule has 1 fully saturated rings. The van der Waals surface area contributed by atoms with E-state index in [1.165, 1.54) is 0 Å². The Morgan fingerprint density at radius 2 is 1.64 bits per heavy atom. The second kappa shape index (κ2) is 6.77. The molecule has 0 saturated carbocycles. The lowest BCUT2D eigenvalue weighted by atomic mass is 10.2. The third-order valence-corrected chi connectivity index (χ3v) is 3.36. The SMILES string of the molecule is CC(C)(C)OC(=O)N1CCCN(C(=O)c2ccncc2)CC1. The summed E-state index contributed by atoms with van der Waals surface area (Å²) in [5, 5.41) is 0. The van der Waals surface area contributed by atoms with Crippen molar-refractivity contribution in [1.82, 2.24) is 14.8 Å². The fraction of sp³-hybridized carbons (Fsp3) is 0.562. The van der Waals surface area contributed by atoms with E-state index in [9.17, 15) is 9.59 Å². The summed E-state index contributed by atoms with van der Waals surface area (Å²) < 4.78 is 5.39. The van der Waals surface area contributed by atoms with Gasteiger partial charge < -0.3 is 14.5 Å². The Labute approximate surface area is 131 Å². The van der Waals surface area contributed by atoms with Gasteiger partial charge in [-0.25, -0.2) is 4.79 Å². The van der Waals surface area contributed by atoms with Crippen molar-refractivity contribution < 1.29 is 14.3 Å².